The quantitative estimate of drug-likeness (QED) is 0.798. The lowest BCUT2D eigenvalue weighted by atomic mass is 10.2. The summed E-state index contributed by atoms with van der Waals surface area (Å²) < 4.78 is 29.5. The number of hydrogen-bond donors (Lipinski definition) is 1. The number of nitrogen functional groups attached to an aromatic ring is 1. The van der Waals surface area contributed by atoms with Gasteiger partial charge >= 0.3 is 5.69 Å². The highest BCUT2D eigenvalue weighted by atomic mass is 19.1. The molecule has 0 bridgehead atoms. The van der Waals surface area contributed by atoms with Crippen LogP contribution < -0.4 is 17.0 Å². The third-order valence-corrected chi connectivity index (χ3v) is 3.60. The summed E-state index contributed by atoms with van der Waals surface area (Å²) in [4.78, 5) is 24.7. The molecule has 0 fully saturated rings. The third-order valence-electron chi connectivity index (χ3n) is 3.60. The van der Waals surface area contributed by atoms with E-state index >= 15 is 0 Å². The maximum atomic E-state index is 14.0. The van der Waals surface area contributed by atoms with E-state index in [0.717, 1.165) is 15.2 Å². The van der Waals surface area contributed by atoms with Crippen LogP contribution in [0.4, 0.5) is 14.6 Å². The molecule has 1 aromatic heterocycles. The second kappa shape index (κ2) is 6.11. The smallest absolute Gasteiger partial charge is 0.337 e. The fraction of sp³-hybridized carbons (Fsp3) is 0.0588. The minimum Gasteiger partial charge on any atom is -0.385 e. The first-order chi connectivity index (χ1) is 11.5. The summed E-state index contributed by atoms with van der Waals surface area (Å²) >= 11 is 0. The van der Waals surface area contributed by atoms with Crippen molar-refractivity contribution >= 4 is 5.82 Å². The summed E-state index contributed by atoms with van der Waals surface area (Å²) in [5.74, 6) is -1.40. The Morgan fingerprint density at radius 2 is 1.54 bits per heavy atom. The highest BCUT2D eigenvalue weighted by molar-refractivity contribution is 5.42. The van der Waals surface area contributed by atoms with Crippen molar-refractivity contribution in [3.8, 4) is 5.69 Å². The molecule has 0 aliphatic carbocycles. The Balaban J connectivity index is 2.21. The monoisotopic (exact) mass is 329 g/mol. The Bertz CT molecular complexity index is 1020. The van der Waals surface area contributed by atoms with E-state index < -0.39 is 22.9 Å². The molecular weight excluding hydrogens is 316 g/mol. The lowest BCUT2D eigenvalue weighted by Crippen LogP contribution is -2.40. The molecule has 122 valence electrons. The van der Waals surface area contributed by atoms with Gasteiger partial charge in [0.05, 0.1) is 12.2 Å². The molecular formula is C17H13F2N3O2. The first-order valence-electron chi connectivity index (χ1n) is 7.09. The molecule has 3 aromatic rings. The minimum atomic E-state index is -0.839. The Morgan fingerprint density at radius 3 is 2.21 bits per heavy atom. The van der Waals surface area contributed by atoms with Crippen molar-refractivity contribution in [1.82, 2.24) is 9.13 Å². The standard InChI is InChI=1S/C17H13F2N3O2/c18-12-6-2-1-5-11(12)10-21-16(23)9-15(20)22(17(21)24)14-8-4-3-7-13(14)19/h1-9H,10,20H2. The van der Waals surface area contributed by atoms with Crippen molar-refractivity contribution in [2.24, 2.45) is 0 Å². The highest BCUT2D eigenvalue weighted by Crippen LogP contribution is 2.13. The molecule has 7 heteroatoms. The van der Waals surface area contributed by atoms with Crippen molar-refractivity contribution in [3.63, 3.8) is 0 Å². The Hall–Kier alpha value is -3.22. The van der Waals surface area contributed by atoms with Crippen LogP contribution in [0.15, 0.2) is 64.2 Å². The number of hydrogen-bond acceptors (Lipinski definition) is 3. The van der Waals surface area contributed by atoms with Gasteiger partial charge in [0.2, 0.25) is 0 Å². The van der Waals surface area contributed by atoms with Gasteiger partial charge in [-0.25, -0.2) is 18.1 Å². The van der Waals surface area contributed by atoms with E-state index in [4.69, 9.17) is 5.73 Å². The van der Waals surface area contributed by atoms with E-state index in [-0.39, 0.29) is 23.6 Å². The summed E-state index contributed by atoms with van der Waals surface area (Å²) in [5, 5.41) is 0. The molecule has 0 saturated heterocycles. The summed E-state index contributed by atoms with van der Waals surface area (Å²) in [7, 11) is 0. The zero-order valence-electron chi connectivity index (χ0n) is 12.4. The first-order valence-corrected chi connectivity index (χ1v) is 7.09. The predicted molar refractivity (Wildman–Crippen MR) is 86.2 cm³/mol. The van der Waals surface area contributed by atoms with Gasteiger partial charge in [0.15, 0.2) is 0 Å². The lowest BCUT2D eigenvalue weighted by Gasteiger charge is -2.13. The average molecular weight is 329 g/mol. The summed E-state index contributed by atoms with van der Waals surface area (Å²) in [6.07, 6.45) is 0. The van der Waals surface area contributed by atoms with Crippen molar-refractivity contribution in [3.05, 3.63) is 92.6 Å². The minimum absolute atomic E-state index is 0.0812. The number of rotatable bonds is 3. The van der Waals surface area contributed by atoms with E-state index in [1.165, 1.54) is 42.5 Å². The predicted octanol–water partition coefficient (Wildman–Crippen LogP) is 1.91. The van der Waals surface area contributed by atoms with Crippen LogP contribution in [0, 0.1) is 11.6 Å². The second-order valence-electron chi connectivity index (χ2n) is 5.15. The average Bonchev–Trinajstić information content (AvgIpc) is 2.54. The van der Waals surface area contributed by atoms with Crippen LogP contribution in [-0.4, -0.2) is 9.13 Å². The third kappa shape index (κ3) is 2.71. The number of halogens is 2. The van der Waals surface area contributed by atoms with Crippen molar-refractivity contribution in [1.29, 1.82) is 0 Å². The zero-order chi connectivity index (χ0) is 17.3. The molecule has 0 aliphatic heterocycles. The van der Waals surface area contributed by atoms with E-state index in [2.05, 4.69) is 0 Å². The highest BCUT2D eigenvalue weighted by Gasteiger charge is 2.15. The van der Waals surface area contributed by atoms with Crippen LogP contribution in [-0.2, 0) is 6.54 Å². The van der Waals surface area contributed by atoms with E-state index in [1.807, 2.05) is 0 Å². The number of anilines is 1. The van der Waals surface area contributed by atoms with Crippen LogP contribution >= 0.6 is 0 Å². The molecule has 3 rings (SSSR count). The van der Waals surface area contributed by atoms with Gasteiger partial charge in [-0.2, -0.15) is 0 Å². The summed E-state index contributed by atoms with van der Waals surface area (Å²) in [6, 6.07) is 12.3. The van der Waals surface area contributed by atoms with E-state index in [9.17, 15) is 18.4 Å². The largest absolute Gasteiger partial charge is 0.385 e. The molecule has 0 spiro atoms. The van der Waals surface area contributed by atoms with Gasteiger partial charge in [-0.05, 0) is 18.2 Å². The van der Waals surface area contributed by atoms with E-state index in [1.54, 1.807) is 6.07 Å². The van der Waals surface area contributed by atoms with Gasteiger partial charge in [0.25, 0.3) is 5.56 Å². The molecule has 2 aromatic carbocycles. The number of nitrogens with two attached hydrogens (primary N) is 1. The van der Waals surface area contributed by atoms with Crippen LogP contribution in [0.2, 0.25) is 0 Å². The lowest BCUT2D eigenvalue weighted by molar-refractivity contribution is 0.579. The molecule has 5 nitrogen and oxygen atoms in total. The second-order valence-corrected chi connectivity index (χ2v) is 5.15. The topological polar surface area (TPSA) is 70.0 Å². The Morgan fingerprint density at radius 1 is 0.917 bits per heavy atom. The maximum absolute atomic E-state index is 14.0. The molecule has 24 heavy (non-hydrogen) atoms. The fourth-order valence-electron chi connectivity index (χ4n) is 2.41. The number of nitrogens with zero attached hydrogens (tertiary/aromatic N) is 2. The Kier molecular flexibility index (Phi) is 3.99. The zero-order valence-corrected chi connectivity index (χ0v) is 12.4. The van der Waals surface area contributed by atoms with Crippen LogP contribution in [0.5, 0.6) is 0 Å². The van der Waals surface area contributed by atoms with Gasteiger partial charge in [0, 0.05) is 11.6 Å². The number of aromatic nitrogens is 2. The summed E-state index contributed by atoms with van der Waals surface area (Å²) in [5.41, 5.74) is 4.28. The van der Waals surface area contributed by atoms with Crippen molar-refractivity contribution < 1.29 is 8.78 Å². The van der Waals surface area contributed by atoms with Crippen LogP contribution in [0.1, 0.15) is 5.56 Å². The van der Waals surface area contributed by atoms with Gasteiger partial charge in [-0.1, -0.05) is 30.3 Å². The fourth-order valence-corrected chi connectivity index (χ4v) is 2.41. The maximum Gasteiger partial charge on any atom is 0.337 e. The first kappa shape index (κ1) is 15.7. The van der Waals surface area contributed by atoms with Crippen LogP contribution in [0.25, 0.3) is 5.69 Å². The van der Waals surface area contributed by atoms with Crippen molar-refractivity contribution in [2.75, 3.05) is 5.73 Å². The number of para-hydroxylation sites is 1. The summed E-state index contributed by atoms with van der Waals surface area (Å²) in [6.45, 7) is -0.279. The van der Waals surface area contributed by atoms with Crippen molar-refractivity contribution in [2.45, 2.75) is 6.54 Å². The van der Waals surface area contributed by atoms with E-state index in [0.29, 0.717) is 0 Å². The molecule has 0 radical (unpaired) electrons. The molecule has 0 aliphatic rings. The SMILES string of the molecule is Nc1cc(=O)n(Cc2ccccc2F)c(=O)n1-c1ccccc1F. The molecule has 0 saturated carbocycles. The van der Waals surface area contributed by atoms with Gasteiger partial charge in [0.1, 0.15) is 17.5 Å². The van der Waals surface area contributed by atoms with Gasteiger partial charge < -0.3 is 5.73 Å². The Labute approximate surface area is 135 Å². The molecule has 0 unspecified atom stereocenters. The molecule has 0 atom stereocenters. The van der Waals surface area contributed by atoms with Crippen LogP contribution in [0.3, 0.4) is 0 Å². The normalized spacial score (nSPS) is 10.8. The molecule has 1 heterocycles. The molecule has 0 amide bonds. The molecule has 2 N–H and O–H groups in total. The number of benzene rings is 2. The van der Waals surface area contributed by atoms with Gasteiger partial charge in [-0.15, -0.1) is 0 Å². The van der Waals surface area contributed by atoms with Gasteiger partial charge in [-0.3, -0.25) is 9.36 Å².